The van der Waals surface area contributed by atoms with Crippen molar-refractivity contribution in [1.82, 2.24) is 4.90 Å². The molecular weight excluding hydrogens is 423 g/mol. The summed E-state index contributed by atoms with van der Waals surface area (Å²) in [6, 6.07) is 10.1. The van der Waals surface area contributed by atoms with Gasteiger partial charge in [0.25, 0.3) is 0 Å². The maximum Gasteiger partial charge on any atom is 0.416 e. The molecule has 1 amide bonds. The number of ether oxygens (including phenoxy) is 1. The first-order valence-electron chi connectivity index (χ1n) is 9.66. The highest BCUT2D eigenvalue weighted by molar-refractivity contribution is 5.69. The van der Waals surface area contributed by atoms with Crippen LogP contribution in [0.2, 0.25) is 0 Å². The SMILES string of the molecule is CCOC(=O)N1CC=C2[C@@H](C1)[C@H](c1cccc(C(F)(F)F)c1)C(C#N)=C(N)C2(C#N)C#N. The number of hydrogen-bond acceptors (Lipinski definition) is 6. The fraction of sp³-hybridized carbons (Fsp3) is 0.364. The van der Waals surface area contributed by atoms with Crippen LogP contribution in [0.3, 0.4) is 0 Å². The molecule has 2 atom stereocenters. The molecule has 2 N–H and O–H groups in total. The van der Waals surface area contributed by atoms with Crippen molar-refractivity contribution in [2.24, 2.45) is 17.1 Å². The number of carbonyl (C=O) groups is 1. The van der Waals surface area contributed by atoms with Crippen molar-refractivity contribution in [3.63, 3.8) is 0 Å². The molecule has 0 fully saturated rings. The fourth-order valence-corrected chi connectivity index (χ4v) is 4.29. The summed E-state index contributed by atoms with van der Waals surface area (Å²) in [7, 11) is 0. The molecule has 0 saturated heterocycles. The van der Waals surface area contributed by atoms with Crippen molar-refractivity contribution in [3.8, 4) is 18.2 Å². The molecule has 10 heteroatoms. The number of halogens is 3. The minimum absolute atomic E-state index is 0.0280. The van der Waals surface area contributed by atoms with Crippen LogP contribution in [0.25, 0.3) is 0 Å². The van der Waals surface area contributed by atoms with Gasteiger partial charge in [-0.15, -0.1) is 0 Å². The van der Waals surface area contributed by atoms with E-state index in [1.807, 2.05) is 18.2 Å². The van der Waals surface area contributed by atoms with Crippen molar-refractivity contribution in [1.29, 1.82) is 15.8 Å². The lowest BCUT2D eigenvalue weighted by Crippen LogP contribution is -2.48. The predicted octanol–water partition coefficient (Wildman–Crippen LogP) is 3.59. The van der Waals surface area contributed by atoms with Crippen LogP contribution in [0, 0.1) is 45.3 Å². The number of amides is 1. The average molecular weight is 441 g/mol. The van der Waals surface area contributed by atoms with Gasteiger partial charge in [-0.25, -0.2) is 4.79 Å². The van der Waals surface area contributed by atoms with Gasteiger partial charge in [0.15, 0.2) is 0 Å². The Kier molecular flexibility index (Phi) is 5.88. The van der Waals surface area contributed by atoms with E-state index >= 15 is 0 Å². The Labute approximate surface area is 182 Å². The zero-order chi connectivity index (χ0) is 23.7. The van der Waals surface area contributed by atoms with Gasteiger partial charge in [-0.3, -0.25) is 0 Å². The number of nitrogens with two attached hydrogens (primary N) is 1. The van der Waals surface area contributed by atoms with Crippen LogP contribution in [0.15, 0.2) is 47.2 Å². The van der Waals surface area contributed by atoms with Crippen LogP contribution in [-0.2, 0) is 10.9 Å². The smallest absolute Gasteiger partial charge is 0.416 e. The zero-order valence-electron chi connectivity index (χ0n) is 17.0. The molecule has 2 aliphatic rings. The number of fused-ring (bicyclic) bond motifs is 1. The van der Waals surface area contributed by atoms with Gasteiger partial charge < -0.3 is 15.4 Å². The Bertz CT molecular complexity index is 1120. The number of rotatable bonds is 2. The average Bonchev–Trinajstić information content (AvgIpc) is 2.78. The molecule has 164 valence electrons. The molecule has 0 radical (unpaired) electrons. The fourth-order valence-electron chi connectivity index (χ4n) is 4.29. The second-order valence-corrected chi connectivity index (χ2v) is 7.38. The third-order valence-corrected chi connectivity index (χ3v) is 5.74. The van der Waals surface area contributed by atoms with Crippen LogP contribution in [0.5, 0.6) is 0 Å². The third-order valence-electron chi connectivity index (χ3n) is 5.74. The zero-order valence-corrected chi connectivity index (χ0v) is 17.0. The molecule has 3 rings (SSSR count). The highest BCUT2D eigenvalue weighted by Gasteiger charge is 2.53. The molecule has 1 aromatic carbocycles. The van der Waals surface area contributed by atoms with Gasteiger partial charge in [-0.1, -0.05) is 24.3 Å². The van der Waals surface area contributed by atoms with Crippen LogP contribution < -0.4 is 5.73 Å². The summed E-state index contributed by atoms with van der Waals surface area (Å²) in [4.78, 5) is 13.6. The molecule has 0 saturated carbocycles. The molecule has 0 aromatic heterocycles. The molecule has 1 heterocycles. The van der Waals surface area contributed by atoms with Gasteiger partial charge in [0.1, 0.15) is 0 Å². The van der Waals surface area contributed by atoms with E-state index in [0.29, 0.717) is 0 Å². The molecular formula is C22H18F3N5O2. The van der Waals surface area contributed by atoms with Gasteiger partial charge in [-0.05, 0) is 24.1 Å². The molecule has 32 heavy (non-hydrogen) atoms. The molecule has 1 aromatic rings. The predicted molar refractivity (Wildman–Crippen MR) is 105 cm³/mol. The van der Waals surface area contributed by atoms with Crippen molar-refractivity contribution in [3.05, 3.63) is 58.3 Å². The lowest BCUT2D eigenvalue weighted by Gasteiger charge is -2.44. The quantitative estimate of drug-likeness (QED) is 0.699. The van der Waals surface area contributed by atoms with Crippen LogP contribution in [-0.4, -0.2) is 30.7 Å². The van der Waals surface area contributed by atoms with Crippen molar-refractivity contribution in [2.75, 3.05) is 19.7 Å². The van der Waals surface area contributed by atoms with E-state index in [0.717, 1.165) is 12.1 Å². The van der Waals surface area contributed by atoms with Crippen LogP contribution in [0.1, 0.15) is 24.0 Å². The molecule has 1 aliphatic heterocycles. The summed E-state index contributed by atoms with van der Waals surface area (Å²) in [5.74, 6) is -1.81. The monoisotopic (exact) mass is 441 g/mol. The van der Waals surface area contributed by atoms with Gasteiger partial charge in [-0.2, -0.15) is 29.0 Å². The summed E-state index contributed by atoms with van der Waals surface area (Å²) in [5.41, 5.74) is 3.21. The van der Waals surface area contributed by atoms with Gasteiger partial charge in [0.2, 0.25) is 5.41 Å². The van der Waals surface area contributed by atoms with Crippen LogP contribution in [0.4, 0.5) is 18.0 Å². The summed E-state index contributed by atoms with van der Waals surface area (Å²) in [6.45, 7) is 1.71. The number of hydrogen-bond donors (Lipinski definition) is 1. The van der Waals surface area contributed by atoms with Crippen molar-refractivity contribution in [2.45, 2.75) is 19.0 Å². The number of alkyl halides is 3. The number of nitrogens with zero attached hydrogens (tertiary/aromatic N) is 4. The van der Waals surface area contributed by atoms with E-state index in [4.69, 9.17) is 10.5 Å². The standard InChI is InChI=1S/C22H18F3N5O2/c1-2-32-20(31)30-7-6-17-16(10-30)18(13-4-3-5-14(8-13)22(23,24)25)15(9-26)19(29)21(17,11-27)12-28/h3-6,8,16,18H,2,7,10,29H2,1H3/t16-,18-/m1/s1. The summed E-state index contributed by atoms with van der Waals surface area (Å²) < 4.78 is 45.0. The highest BCUT2D eigenvalue weighted by atomic mass is 19.4. The largest absolute Gasteiger partial charge is 0.450 e. The number of nitriles is 3. The molecule has 7 nitrogen and oxygen atoms in total. The van der Waals surface area contributed by atoms with E-state index in [9.17, 15) is 33.8 Å². The minimum Gasteiger partial charge on any atom is -0.450 e. The number of benzene rings is 1. The van der Waals surface area contributed by atoms with Crippen molar-refractivity contribution >= 4 is 6.09 Å². The summed E-state index contributed by atoms with van der Waals surface area (Å²) in [6.07, 6.45) is -3.76. The van der Waals surface area contributed by atoms with E-state index in [-0.39, 0.29) is 42.1 Å². The summed E-state index contributed by atoms with van der Waals surface area (Å²) >= 11 is 0. The van der Waals surface area contributed by atoms with Gasteiger partial charge in [0, 0.05) is 24.9 Å². The molecule has 0 unspecified atom stereocenters. The Morgan fingerprint density at radius 2 is 2.00 bits per heavy atom. The Hall–Kier alpha value is -3.97. The lowest BCUT2D eigenvalue weighted by atomic mass is 9.60. The number of carbonyl (C=O) groups excluding carboxylic acids is 1. The lowest BCUT2D eigenvalue weighted by molar-refractivity contribution is -0.137. The normalized spacial score (nSPS) is 22.0. The highest BCUT2D eigenvalue weighted by Crippen LogP contribution is 2.53. The Balaban J connectivity index is 2.25. The van der Waals surface area contributed by atoms with E-state index in [1.54, 1.807) is 6.92 Å². The topological polar surface area (TPSA) is 127 Å². The van der Waals surface area contributed by atoms with Crippen LogP contribution >= 0.6 is 0 Å². The summed E-state index contributed by atoms with van der Waals surface area (Å²) in [5, 5.41) is 29.5. The van der Waals surface area contributed by atoms with E-state index in [1.165, 1.54) is 23.1 Å². The van der Waals surface area contributed by atoms with Gasteiger partial charge in [0.05, 0.1) is 41.6 Å². The first-order valence-corrected chi connectivity index (χ1v) is 9.66. The maximum absolute atomic E-state index is 13.3. The first-order chi connectivity index (χ1) is 15.1. The van der Waals surface area contributed by atoms with E-state index in [2.05, 4.69) is 0 Å². The van der Waals surface area contributed by atoms with E-state index < -0.39 is 35.1 Å². The Morgan fingerprint density at radius 1 is 1.31 bits per heavy atom. The first kappa shape index (κ1) is 22.7. The number of allylic oxidation sites excluding steroid dienone is 2. The molecule has 0 spiro atoms. The maximum atomic E-state index is 13.3. The second-order valence-electron chi connectivity index (χ2n) is 7.38. The second kappa shape index (κ2) is 8.28. The van der Waals surface area contributed by atoms with Crippen molar-refractivity contribution < 1.29 is 22.7 Å². The third kappa shape index (κ3) is 3.52. The molecule has 0 bridgehead atoms. The minimum atomic E-state index is -4.61. The Morgan fingerprint density at radius 3 is 2.56 bits per heavy atom. The molecule has 1 aliphatic carbocycles. The van der Waals surface area contributed by atoms with Gasteiger partial charge >= 0.3 is 12.3 Å².